The molecule has 1 atom stereocenters. The molecule has 16 heavy (non-hydrogen) atoms. The molecule has 0 heterocycles. The Labute approximate surface area is 95.5 Å². The zero-order valence-electron chi connectivity index (χ0n) is 9.66. The minimum absolute atomic E-state index is 0.0520. The molecule has 0 saturated carbocycles. The third kappa shape index (κ3) is 2.97. The van der Waals surface area contributed by atoms with Crippen LogP contribution < -0.4 is 11.1 Å². The van der Waals surface area contributed by atoms with Gasteiger partial charge in [-0.25, -0.2) is 0 Å². The van der Waals surface area contributed by atoms with Crippen molar-refractivity contribution >= 4 is 11.6 Å². The molecule has 0 aliphatic heterocycles. The molecule has 4 nitrogen and oxygen atoms in total. The molecule has 88 valence electrons. The Bertz CT molecular complexity index is 373. The average Bonchev–Trinajstić information content (AvgIpc) is 2.29. The van der Waals surface area contributed by atoms with Gasteiger partial charge in [-0.05, 0) is 31.0 Å². The summed E-state index contributed by atoms with van der Waals surface area (Å²) in [7, 11) is 0. The molecule has 0 aromatic heterocycles. The third-order valence-electron chi connectivity index (χ3n) is 2.59. The van der Waals surface area contributed by atoms with Gasteiger partial charge in [-0.15, -0.1) is 0 Å². The van der Waals surface area contributed by atoms with E-state index in [4.69, 9.17) is 10.8 Å². The Morgan fingerprint density at radius 2 is 2.25 bits per heavy atom. The summed E-state index contributed by atoms with van der Waals surface area (Å²) in [6.45, 7) is 3.74. The Morgan fingerprint density at radius 1 is 1.56 bits per heavy atom. The van der Waals surface area contributed by atoms with Crippen LogP contribution >= 0.6 is 0 Å². The van der Waals surface area contributed by atoms with Gasteiger partial charge in [0.25, 0.3) is 5.91 Å². The summed E-state index contributed by atoms with van der Waals surface area (Å²) in [6.07, 6.45) is 0.698. The van der Waals surface area contributed by atoms with E-state index in [-0.39, 0.29) is 18.6 Å². The molecule has 0 aliphatic carbocycles. The molecular weight excluding hydrogens is 204 g/mol. The fraction of sp³-hybridized carbons (Fsp3) is 0.417. The predicted molar refractivity (Wildman–Crippen MR) is 64.2 cm³/mol. The van der Waals surface area contributed by atoms with Gasteiger partial charge in [0, 0.05) is 11.3 Å². The molecule has 1 unspecified atom stereocenters. The summed E-state index contributed by atoms with van der Waals surface area (Å²) in [4.78, 5) is 11.8. The van der Waals surface area contributed by atoms with Crippen LogP contribution in [0.1, 0.15) is 29.3 Å². The zero-order chi connectivity index (χ0) is 12.1. The predicted octanol–water partition coefficient (Wildman–Crippen LogP) is 1.08. The lowest BCUT2D eigenvalue weighted by Crippen LogP contribution is -2.36. The van der Waals surface area contributed by atoms with E-state index >= 15 is 0 Å². The van der Waals surface area contributed by atoms with Crippen LogP contribution in [-0.4, -0.2) is 23.7 Å². The first-order valence-corrected chi connectivity index (χ1v) is 5.36. The van der Waals surface area contributed by atoms with Crippen LogP contribution in [0.2, 0.25) is 0 Å². The quantitative estimate of drug-likeness (QED) is 0.667. The van der Waals surface area contributed by atoms with Gasteiger partial charge in [0.2, 0.25) is 0 Å². The molecule has 1 aromatic rings. The van der Waals surface area contributed by atoms with Crippen molar-refractivity contribution in [1.29, 1.82) is 0 Å². The monoisotopic (exact) mass is 222 g/mol. The van der Waals surface area contributed by atoms with Crippen LogP contribution in [0.4, 0.5) is 5.69 Å². The number of nitrogens with one attached hydrogen (secondary N) is 1. The molecule has 1 amide bonds. The van der Waals surface area contributed by atoms with Crippen LogP contribution in [0.5, 0.6) is 0 Å². The highest BCUT2D eigenvalue weighted by Crippen LogP contribution is 2.12. The molecular formula is C12H18N2O2. The molecule has 4 heteroatoms. The van der Waals surface area contributed by atoms with Crippen molar-refractivity contribution in [1.82, 2.24) is 5.32 Å². The van der Waals surface area contributed by atoms with Crippen LogP contribution in [0.3, 0.4) is 0 Å². The highest BCUT2D eigenvalue weighted by atomic mass is 16.3. The fourth-order valence-electron chi connectivity index (χ4n) is 1.33. The molecule has 0 bridgehead atoms. The van der Waals surface area contributed by atoms with Crippen LogP contribution in [0.15, 0.2) is 18.2 Å². The van der Waals surface area contributed by atoms with Gasteiger partial charge in [0.15, 0.2) is 0 Å². The zero-order valence-corrected chi connectivity index (χ0v) is 9.66. The van der Waals surface area contributed by atoms with Crippen LogP contribution in [-0.2, 0) is 0 Å². The summed E-state index contributed by atoms with van der Waals surface area (Å²) in [5, 5.41) is 11.7. The molecule has 0 spiro atoms. The molecule has 1 aromatic carbocycles. The van der Waals surface area contributed by atoms with Gasteiger partial charge >= 0.3 is 0 Å². The second kappa shape index (κ2) is 5.51. The average molecular weight is 222 g/mol. The topological polar surface area (TPSA) is 75.3 Å². The summed E-state index contributed by atoms with van der Waals surface area (Å²) < 4.78 is 0. The fourth-order valence-corrected chi connectivity index (χ4v) is 1.33. The Kier molecular flexibility index (Phi) is 4.31. The van der Waals surface area contributed by atoms with E-state index in [0.717, 1.165) is 5.56 Å². The van der Waals surface area contributed by atoms with Gasteiger partial charge in [-0.1, -0.05) is 13.0 Å². The third-order valence-corrected chi connectivity index (χ3v) is 2.59. The summed E-state index contributed by atoms with van der Waals surface area (Å²) in [6, 6.07) is 4.99. The Morgan fingerprint density at radius 3 is 2.75 bits per heavy atom. The standard InChI is InChI=1S/C12H18N2O2/c1-3-10(7-15)14-12(16)9-5-4-8(2)11(13)6-9/h4-6,10,15H,3,7,13H2,1-2H3,(H,14,16). The van der Waals surface area contributed by atoms with Crippen molar-refractivity contribution in [3.05, 3.63) is 29.3 Å². The maximum Gasteiger partial charge on any atom is 0.251 e. The number of rotatable bonds is 4. The minimum Gasteiger partial charge on any atom is -0.398 e. The number of carbonyl (C=O) groups excluding carboxylic acids is 1. The number of amides is 1. The molecule has 0 radical (unpaired) electrons. The number of hydrogen-bond acceptors (Lipinski definition) is 3. The number of benzene rings is 1. The SMILES string of the molecule is CCC(CO)NC(=O)c1ccc(C)c(N)c1. The number of carbonyl (C=O) groups is 1. The first-order valence-electron chi connectivity index (χ1n) is 5.36. The van der Waals surface area contributed by atoms with Gasteiger partial charge in [-0.2, -0.15) is 0 Å². The van der Waals surface area contributed by atoms with Crippen LogP contribution in [0.25, 0.3) is 0 Å². The lowest BCUT2D eigenvalue weighted by atomic mass is 10.1. The second-order valence-electron chi connectivity index (χ2n) is 3.83. The first kappa shape index (κ1) is 12.5. The summed E-state index contributed by atoms with van der Waals surface area (Å²) >= 11 is 0. The number of aryl methyl sites for hydroxylation is 1. The molecule has 0 saturated heterocycles. The van der Waals surface area contributed by atoms with Gasteiger partial charge in [0.05, 0.1) is 12.6 Å². The van der Waals surface area contributed by atoms with E-state index in [1.165, 1.54) is 0 Å². The molecule has 4 N–H and O–H groups in total. The van der Waals surface area contributed by atoms with Crippen molar-refractivity contribution in [2.24, 2.45) is 0 Å². The summed E-state index contributed by atoms with van der Waals surface area (Å²) in [5.74, 6) is -0.201. The first-order chi connectivity index (χ1) is 7.58. The van der Waals surface area contributed by atoms with E-state index in [1.54, 1.807) is 12.1 Å². The van der Waals surface area contributed by atoms with Crippen LogP contribution in [0, 0.1) is 6.92 Å². The lowest BCUT2D eigenvalue weighted by molar-refractivity contribution is 0.0915. The van der Waals surface area contributed by atoms with E-state index in [2.05, 4.69) is 5.32 Å². The van der Waals surface area contributed by atoms with Crippen molar-refractivity contribution in [2.75, 3.05) is 12.3 Å². The molecule has 1 rings (SSSR count). The molecule has 0 aliphatic rings. The maximum atomic E-state index is 11.8. The number of hydrogen-bond donors (Lipinski definition) is 3. The van der Waals surface area contributed by atoms with E-state index in [1.807, 2.05) is 19.9 Å². The van der Waals surface area contributed by atoms with E-state index < -0.39 is 0 Å². The number of nitrogen functional groups attached to an aromatic ring is 1. The van der Waals surface area contributed by atoms with Crippen molar-refractivity contribution in [2.45, 2.75) is 26.3 Å². The lowest BCUT2D eigenvalue weighted by Gasteiger charge is -2.14. The van der Waals surface area contributed by atoms with Gasteiger partial charge in [0.1, 0.15) is 0 Å². The number of aliphatic hydroxyl groups is 1. The number of nitrogens with two attached hydrogens (primary N) is 1. The van der Waals surface area contributed by atoms with Crippen molar-refractivity contribution in [3.63, 3.8) is 0 Å². The highest BCUT2D eigenvalue weighted by molar-refractivity contribution is 5.95. The Balaban J connectivity index is 2.76. The second-order valence-corrected chi connectivity index (χ2v) is 3.83. The Hall–Kier alpha value is -1.55. The minimum atomic E-state index is -0.201. The van der Waals surface area contributed by atoms with Gasteiger partial charge in [-0.3, -0.25) is 4.79 Å². The maximum absolute atomic E-state index is 11.8. The van der Waals surface area contributed by atoms with Gasteiger partial charge < -0.3 is 16.2 Å². The van der Waals surface area contributed by atoms with E-state index in [9.17, 15) is 4.79 Å². The highest BCUT2D eigenvalue weighted by Gasteiger charge is 2.11. The summed E-state index contributed by atoms with van der Waals surface area (Å²) in [5.41, 5.74) is 7.80. The largest absolute Gasteiger partial charge is 0.398 e. The van der Waals surface area contributed by atoms with E-state index in [0.29, 0.717) is 17.7 Å². The smallest absolute Gasteiger partial charge is 0.251 e. The number of aliphatic hydroxyl groups excluding tert-OH is 1. The van der Waals surface area contributed by atoms with Crippen molar-refractivity contribution in [3.8, 4) is 0 Å². The molecule has 0 fully saturated rings. The number of anilines is 1. The normalized spacial score (nSPS) is 12.2. The van der Waals surface area contributed by atoms with Crippen molar-refractivity contribution < 1.29 is 9.90 Å².